The number of β-amino-alcohol motifs (C(OH)–C–C–N with tert-alkyl or cyclic N) is 1. The smallest absolute Gasteiger partial charge is 0.475 e. The van der Waals surface area contributed by atoms with E-state index in [0.717, 1.165) is 29.4 Å². The number of nitrogens with zero attached hydrogens (tertiary/aromatic N) is 2. The highest BCUT2D eigenvalue weighted by Gasteiger charge is 2.38. The Labute approximate surface area is 266 Å². The molecule has 47 heavy (non-hydrogen) atoms. The van der Waals surface area contributed by atoms with Crippen LogP contribution in [0.2, 0.25) is 0 Å². The van der Waals surface area contributed by atoms with E-state index in [1.165, 1.54) is 12.1 Å². The van der Waals surface area contributed by atoms with Crippen molar-refractivity contribution in [3.63, 3.8) is 0 Å². The lowest BCUT2D eigenvalue weighted by atomic mass is 9.99. The molecule has 0 spiro atoms. The number of benzene rings is 3. The molecule has 16 heteroatoms. The molecular formula is C31H32F3N5O7S. The van der Waals surface area contributed by atoms with Crippen LogP contribution in [0.25, 0.3) is 22.3 Å². The van der Waals surface area contributed by atoms with Crippen LogP contribution in [0.5, 0.6) is 0 Å². The maximum atomic E-state index is 12.7. The Hall–Kier alpha value is -4.93. The topological polar surface area (TPSA) is 180 Å². The van der Waals surface area contributed by atoms with Crippen LogP contribution in [0, 0.1) is 0 Å². The summed E-state index contributed by atoms with van der Waals surface area (Å²) in [7, 11) is -3.72. The minimum absolute atomic E-state index is 0.173. The summed E-state index contributed by atoms with van der Waals surface area (Å²) in [6.45, 7) is 5.20. The highest BCUT2D eigenvalue weighted by atomic mass is 32.2. The van der Waals surface area contributed by atoms with Crippen LogP contribution in [0.3, 0.4) is 0 Å². The van der Waals surface area contributed by atoms with Gasteiger partial charge < -0.3 is 20.1 Å². The number of aliphatic hydroxyl groups is 1. The van der Waals surface area contributed by atoms with Gasteiger partial charge in [-0.2, -0.15) is 13.2 Å². The zero-order chi connectivity index (χ0) is 34.4. The third-order valence-electron chi connectivity index (χ3n) is 7.06. The molecule has 5 rings (SSSR count). The molecule has 1 unspecified atom stereocenters. The number of carboxylic acids is 1. The fraction of sp³-hybridized carbons (Fsp3) is 0.258. The lowest BCUT2D eigenvalue weighted by Gasteiger charge is -2.28. The van der Waals surface area contributed by atoms with Gasteiger partial charge in [-0.05, 0) is 74.4 Å². The van der Waals surface area contributed by atoms with Crippen LogP contribution in [0.4, 0.5) is 18.9 Å². The number of fused-ring (bicyclic) bond motifs is 1. The van der Waals surface area contributed by atoms with Crippen molar-refractivity contribution in [2.24, 2.45) is 0 Å². The molecule has 1 atom stereocenters. The van der Waals surface area contributed by atoms with Crippen LogP contribution in [0.15, 0.2) is 99.3 Å². The van der Waals surface area contributed by atoms with Gasteiger partial charge in [-0.15, -0.1) is 0 Å². The second-order valence-corrected chi connectivity index (χ2v) is 12.8. The molecule has 0 bridgehead atoms. The standard InChI is InChI=1S/C29H31N5O5S.C2HF3O2/c1-29(2,14-16-34-15-13-20-17-22(11-12-25(20)34)27-31-28(36)39-32-27)30-19-26(35)21-7-6-8-23(18-21)33-40(37,38)24-9-4-3-5-10-24;3-2(4,5)1(6)7/h3-13,15,17-18,26,30,33,35H,14,16,19H2,1-2H3,(H,31,32,36);(H,6,7). The quantitative estimate of drug-likeness (QED) is 0.130. The lowest BCUT2D eigenvalue weighted by molar-refractivity contribution is -0.192. The van der Waals surface area contributed by atoms with Crippen molar-refractivity contribution in [1.82, 2.24) is 20.0 Å². The molecule has 0 saturated heterocycles. The third kappa shape index (κ3) is 9.54. The number of nitrogens with one attached hydrogen (secondary N) is 3. The second kappa shape index (κ2) is 14.2. The second-order valence-electron chi connectivity index (χ2n) is 11.1. The first kappa shape index (κ1) is 34.9. The zero-order valence-corrected chi connectivity index (χ0v) is 26.0. The van der Waals surface area contributed by atoms with Gasteiger partial charge in [0.1, 0.15) is 0 Å². The van der Waals surface area contributed by atoms with Crippen molar-refractivity contribution in [3.8, 4) is 11.4 Å². The van der Waals surface area contributed by atoms with Crippen molar-refractivity contribution in [3.05, 3.63) is 101 Å². The number of aliphatic carboxylic acids is 1. The van der Waals surface area contributed by atoms with Crippen molar-refractivity contribution in [2.75, 3.05) is 11.3 Å². The van der Waals surface area contributed by atoms with Gasteiger partial charge in [0.2, 0.25) is 0 Å². The molecule has 2 aromatic heterocycles. The molecule has 0 aliphatic carbocycles. The Morgan fingerprint density at radius 1 is 1.04 bits per heavy atom. The highest BCUT2D eigenvalue weighted by Crippen LogP contribution is 2.25. The summed E-state index contributed by atoms with van der Waals surface area (Å²) in [4.78, 5) is 22.9. The number of H-pyrrole nitrogens is 1. The molecule has 0 radical (unpaired) electrons. The molecule has 0 saturated carbocycles. The van der Waals surface area contributed by atoms with Crippen molar-refractivity contribution in [1.29, 1.82) is 0 Å². The predicted molar refractivity (Wildman–Crippen MR) is 167 cm³/mol. The third-order valence-corrected chi connectivity index (χ3v) is 8.45. The normalized spacial score (nSPS) is 12.7. The van der Waals surface area contributed by atoms with Crippen LogP contribution in [-0.4, -0.2) is 57.6 Å². The summed E-state index contributed by atoms with van der Waals surface area (Å²) < 4.78 is 66.4. The summed E-state index contributed by atoms with van der Waals surface area (Å²) in [5.41, 5.74) is 2.53. The maximum absolute atomic E-state index is 12.7. The molecule has 2 heterocycles. The number of sulfonamides is 1. The summed E-state index contributed by atoms with van der Waals surface area (Å²) >= 11 is 0. The first-order valence-corrected chi connectivity index (χ1v) is 15.6. The summed E-state index contributed by atoms with van der Waals surface area (Å²) in [6, 6.07) is 22.8. The molecular weight excluding hydrogens is 643 g/mol. The lowest BCUT2D eigenvalue weighted by Crippen LogP contribution is -2.42. The predicted octanol–water partition coefficient (Wildman–Crippen LogP) is 4.91. The van der Waals surface area contributed by atoms with E-state index >= 15 is 0 Å². The number of aryl methyl sites for hydroxylation is 1. The number of carbonyl (C=O) groups is 1. The number of carboxylic acid groups (broad SMARTS) is 1. The molecule has 5 N–H and O–H groups in total. The largest absolute Gasteiger partial charge is 0.490 e. The molecule has 3 aromatic carbocycles. The summed E-state index contributed by atoms with van der Waals surface area (Å²) in [5, 5.41) is 26.2. The fourth-order valence-electron chi connectivity index (χ4n) is 4.50. The molecule has 0 aliphatic heterocycles. The molecule has 0 amide bonds. The average molecular weight is 676 g/mol. The first-order valence-electron chi connectivity index (χ1n) is 14.1. The molecule has 12 nitrogen and oxygen atoms in total. The van der Waals surface area contributed by atoms with E-state index < -0.39 is 34.0 Å². The van der Waals surface area contributed by atoms with Crippen molar-refractivity contribution >= 4 is 32.6 Å². The molecule has 5 aromatic rings. The first-order chi connectivity index (χ1) is 22.0. The van der Waals surface area contributed by atoms with E-state index in [9.17, 15) is 31.5 Å². The number of rotatable bonds is 11. The number of alkyl halides is 3. The van der Waals surface area contributed by atoms with E-state index in [4.69, 9.17) is 9.90 Å². The monoisotopic (exact) mass is 675 g/mol. The van der Waals surface area contributed by atoms with E-state index in [2.05, 4.69) is 43.1 Å². The Kier molecular flexibility index (Phi) is 10.6. The van der Waals surface area contributed by atoms with E-state index in [1.54, 1.807) is 42.5 Å². The Bertz CT molecular complexity index is 1990. The fourth-order valence-corrected chi connectivity index (χ4v) is 5.57. The Morgan fingerprint density at radius 2 is 1.74 bits per heavy atom. The number of hydrogen-bond donors (Lipinski definition) is 5. The summed E-state index contributed by atoms with van der Waals surface area (Å²) in [6.07, 6.45) is -3.10. The number of aromatic amines is 1. The van der Waals surface area contributed by atoms with Gasteiger partial charge in [-0.3, -0.25) is 14.2 Å². The minimum Gasteiger partial charge on any atom is -0.475 e. The van der Waals surface area contributed by atoms with Crippen LogP contribution in [0.1, 0.15) is 31.9 Å². The SMILES string of the molecule is CC(C)(CCn1ccc2cc(-c3noc(=O)[nH]3)ccc21)NCC(O)c1cccc(NS(=O)(=O)c2ccccc2)c1.O=C(O)C(F)(F)F. The average Bonchev–Trinajstić information content (AvgIpc) is 3.64. The van der Waals surface area contributed by atoms with Gasteiger partial charge >= 0.3 is 17.9 Å². The number of halogens is 3. The van der Waals surface area contributed by atoms with E-state index in [1.807, 2.05) is 30.5 Å². The maximum Gasteiger partial charge on any atom is 0.490 e. The van der Waals surface area contributed by atoms with Crippen molar-refractivity contribution < 1.29 is 41.1 Å². The Balaban J connectivity index is 0.000000644. The zero-order valence-electron chi connectivity index (χ0n) is 25.2. The molecule has 0 fully saturated rings. The van der Waals surface area contributed by atoms with Gasteiger partial charge in [-0.25, -0.2) is 18.0 Å². The van der Waals surface area contributed by atoms with Crippen LogP contribution >= 0.6 is 0 Å². The number of anilines is 1. The molecule has 0 aliphatic rings. The van der Waals surface area contributed by atoms with E-state index in [-0.39, 0.29) is 10.4 Å². The number of aromatic nitrogens is 3. The van der Waals surface area contributed by atoms with E-state index in [0.29, 0.717) is 23.6 Å². The van der Waals surface area contributed by atoms with Crippen LogP contribution in [-0.2, 0) is 21.4 Å². The summed E-state index contributed by atoms with van der Waals surface area (Å²) in [5.74, 6) is -2.96. The Morgan fingerprint density at radius 3 is 2.38 bits per heavy atom. The van der Waals surface area contributed by atoms with Gasteiger partial charge in [0.15, 0.2) is 5.82 Å². The minimum atomic E-state index is -5.08. The number of hydrogen-bond acceptors (Lipinski definition) is 8. The number of aliphatic hydroxyl groups excluding tert-OH is 1. The van der Waals surface area contributed by atoms with Crippen LogP contribution < -0.4 is 15.8 Å². The highest BCUT2D eigenvalue weighted by molar-refractivity contribution is 7.92. The van der Waals surface area contributed by atoms with Gasteiger partial charge in [0.25, 0.3) is 10.0 Å². The van der Waals surface area contributed by atoms with Gasteiger partial charge in [-0.1, -0.05) is 35.5 Å². The van der Waals surface area contributed by atoms with Crippen molar-refractivity contribution in [2.45, 2.75) is 49.5 Å². The van der Waals surface area contributed by atoms with Gasteiger partial charge in [0.05, 0.1) is 11.0 Å². The van der Waals surface area contributed by atoms with Gasteiger partial charge in [0, 0.05) is 47.0 Å². The molecule has 250 valence electrons.